The summed E-state index contributed by atoms with van der Waals surface area (Å²) < 4.78 is 0. The molecule has 0 aromatic heterocycles. The largest absolute Gasteiger partial charge is 0.481 e. The third-order valence-electron chi connectivity index (χ3n) is 4.16. The van der Waals surface area contributed by atoms with Gasteiger partial charge in [0.05, 0.1) is 5.92 Å². The second-order valence-corrected chi connectivity index (χ2v) is 5.65. The second-order valence-electron chi connectivity index (χ2n) is 5.65. The fourth-order valence-corrected chi connectivity index (χ4v) is 2.73. The summed E-state index contributed by atoms with van der Waals surface area (Å²) in [6.07, 6.45) is 4.85. The van der Waals surface area contributed by atoms with Gasteiger partial charge in [0.25, 0.3) is 0 Å². The van der Waals surface area contributed by atoms with E-state index in [1.165, 1.54) is 12.8 Å². The van der Waals surface area contributed by atoms with Crippen molar-refractivity contribution in [3.8, 4) is 0 Å². The number of carboxylic acid groups (broad SMARTS) is 1. The number of hydrogen-bond acceptors (Lipinski definition) is 2. The van der Waals surface area contributed by atoms with Crippen LogP contribution in [0.5, 0.6) is 0 Å². The summed E-state index contributed by atoms with van der Waals surface area (Å²) in [7, 11) is 0. The first kappa shape index (κ1) is 13.2. The Balaban J connectivity index is 1.71. The van der Waals surface area contributed by atoms with Gasteiger partial charge in [0.1, 0.15) is 0 Å². The maximum absolute atomic E-state index is 11.7. The van der Waals surface area contributed by atoms with Gasteiger partial charge in [0, 0.05) is 12.6 Å². The Morgan fingerprint density at radius 1 is 1.28 bits per heavy atom. The van der Waals surface area contributed by atoms with Crippen molar-refractivity contribution in [1.29, 1.82) is 0 Å². The van der Waals surface area contributed by atoms with Crippen molar-refractivity contribution in [2.45, 2.75) is 45.1 Å². The lowest BCUT2D eigenvalue weighted by molar-refractivity contribution is -0.142. The number of carboxylic acids is 1. The normalized spacial score (nSPS) is 28.7. The molecule has 5 nitrogen and oxygen atoms in total. The van der Waals surface area contributed by atoms with Gasteiger partial charge in [-0.15, -0.1) is 0 Å². The van der Waals surface area contributed by atoms with E-state index in [0.717, 1.165) is 18.8 Å². The van der Waals surface area contributed by atoms with E-state index in [9.17, 15) is 9.59 Å². The van der Waals surface area contributed by atoms with Crippen LogP contribution in [-0.2, 0) is 4.79 Å². The lowest BCUT2D eigenvalue weighted by Gasteiger charge is -2.19. The van der Waals surface area contributed by atoms with Crippen LogP contribution < -0.4 is 10.6 Å². The monoisotopic (exact) mass is 254 g/mol. The number of carbonyl (C=O) groups is 2. The van der Waals surface area contributed by atoms with E-state index in [-0.39, 0.29) is 12.1 Å². The number of hydrogen-bond donors (Lipinski definition) is 3. The Bertz CT molecular complexity index is 328. The van der Waals surface area contributed by atoms with Crippen LogP contribution in [0.15, 0.2) is 0 Å². The molecule has 18 heavy (non-hydrogen) atoms. The molecule has 2 amide bonds. The van der Waals surface area contributed by atoms with E-state index in [1.54, 1.807) is 0 Å². The molecule has 0 radical (unpaired) electrons. The highest BCUT2D eigenvalue weighted by Crippen LogP contribution is 2.36. The first-order valence-corrected chi connectivity index (χ1v) is 6.85. The van der Waals surface area contributed by atoms with E-state index in [1.807, 2.05) is 0 Å². The van der Waals surface area contributed by atoms with Crippen molar-refractivity contribution < 1.29 is 14.7 Å². The maximum atomic E-state index is 11.7. The third kappa shape index (κ3) is 3.37. The van der Waals surface area contributed by atoms with Crippen LogP contribution in [0.3, 0.4) is 0 Å². The summed E-state index contributed by atoms with van der Waals surface area (Å²) in [5.74, 6) is 0.0684. The van der Waals surface area contributed by atoms with Crippen LogP contribution in [0.25, 0.3) is 0 Å². The molecular weight excluding hydrogens is 232 g/mol. The van der Waals surface area contributed by atoms with E-state index >= 15 is 0 Å². The predicted octanol–water partition coefficient (Wildman–Crippen LogP) is 1.58. The second kappa shape index (κ2) is 5.59. The topological polar surface area (TPSA) is 78.4 Å². The molecular formula is C13H22N2O3. The fourth-order valence-electron chi connectivity index (χ4n) is 2.73. The lowest BCUT2D eigenvalue weighted by Crippen LogP contribution is -2.46. The number of carbonyl (C=O) groups excluding carboxylic acids is 1. The van der Waals surface area contributed by atoms with Crippen LogP contribution in [0.4, 0.5) is 4.79 Å². The molecule has 2 aliphatic carbocycles. The van der Waals surface area contributed by atoms with Gasteiger partial charge >= 0.3 is 12.0 Å². The highest BCUT2D eigenvalue weighted by molar-refractivity contribution is 5.77. The highest BCUT2D eigenvalue weighted by Gasteiger charge is 2.34. The van der Waals surface area contributed by atoms with Crippen LogP contribution in [0.1, 0.15) is 39.0 Å². The fraction of sp³-hybridized carbons (Fsp3) is 0.846. The zero-order chi connectivity index (χ0) is 13.1. The van der Waals surface area contributed by atoms with Gasteiger partial charge in [0.15, 0.2) is 0 Å². The van der Waals surface area contributed by atoms with Gasteiger partial charge in [-0.05, 0) is 37.5 Å². The molecule has 3 atom stereocenters. The number of aliphatic carboxylic acids is 1. The number of amides is 2. The molecule has 0 aromatic carbocycles. The maximum Gasteiger partial charge on any atom is 0.315 e. The standard InChI is InChI=1S/C13H22N2O3/c1-8(9-5-6-9)7-14-13(18)15-11-4-2-3-10(11)12(16)17/h8-11H,2-7H2,1H3,(H,16,17)(H2,14,15,18). The average Bonchev–Trinajstić information content (AvgIpc) is 3.07. The molecule has 2 rings (SSSR count). The minimum atomic E-state index is -0.802. The minimum absolute atomic E-state index is 0.210. The van der Waals surface area contributed by atoms with Crippen molar-refractivity contribution in [3.05, 3.63) is 0 Å². The summed E-state index contributed by atoms with van der Waals surface area (Å²) in [4.78, 5) is 22.7. The Hall–Kier alpha value is -1.26. The van der Waals surface area contributed by atoms with E-state index in [2.05, 4.69) is 17.6 Å². The molecule has 0 aliphatic heterocycles. The van der Waals surface area contributed by atoms with Crippen molar-refractivity contribution in [2.75, 3.05) is 6.54 Å². The zero-order valence-electron chi connectivity index (χ0n) is 10.8. The predicted molar refractivity (Wildman–Crippen MR) is 67.2 cm³/mol. The Morgan fingerprint density at radius 2 is 2.00 bits per heavy atom. The van der Waals surface area contributed by atoms with Gasteiger partial charge in [0.2, 0.25) is 0 Å². The van der Waals surface area contributed by atoms with Gasteiger partial charge in [-0.1, -0.05) is 13.3 Å². The molecule has 2 fully saturated rings. The SMILES string of the molecule is CC(CNC(=O)NC1CCCC1C(=O)O)C1CC1. The van der Waals surface area contributed by atoms with Crippen molar-refractivity contribution >= 4 is 12.0 Å². The first-order valence-electron chi connectivity index (χ1n) is 6.85. The third-order valence-corrected chi connectivity index (χ3v) is 4.16. The van der Waals surface area contributed by atoms with Gasteiger partial charge in [-0.25, -0.2) is 4.79 Å². The molecule has 5 heteroatoms. The molecule has 2 saturated carbocycles. The zero-order valence-corrected chi connectivity index (χ0v) is 10.8. The number of urea groups is 1. The molecule has 0 heterocycles. The van der Waals surface area contributed by atoms with Gasteiger partial charge in [-0.2, -0.15) is 0 Å². The molecule has 0 spiro atoms. The summed E-state index contributed by atoms with van der Waals surface area (Å²) in [5, 5.41) is 14.7. The summed E-state index contributed by atoms with van der Waals surface area (Å²) in [5.41, 5.74) is 0. The van der Waals surface area contributed by atoms with Gasteiger partial charge in [-0.3, -0.25) is 4.79 Å². The van der Waals surface area contributed by atoms with Crippen molar-refractivity contribution in [3.63, 3.8) is 0 Å². The number of rotatable bonds is 5. The summed E-state index contributed by atoms with van der Waals surface area (Å²) >= 11 is 0. The Kier molecular flexibility index (Phi) is 4.09. The first-order chi connectivity index (χ1) is 8.58. The molecule has 2 aliphatic rings. The molecule has 102 valence electrons. The quantitative estimate of drug-likeness (QED) is 0.697. The minimum Gasteiger partial charge on any atom is -0.481 e. The summed E-state index contributed by atoms with van der Waals surface area (Å²) in [6.45, 7) is 2.83. The lowest BCUT2D eigenvalue weighted by atomic mass is 10.0. The van der Waals surface area contributed by atoms with Crippen LogP contribution >= 0.6 is 0 Å². The van der Waals surface area contributed by atoms with Crippen LogP contribution in [-0.4, -0.2) is 29.7 Å². The molecule has 0 saturated heterocycles. The molecule has 3 unspecified atom stereocenters. The van der Waals surface area contributed by atoms with E-state index in [4.69, 9.17) is 5.11 Å². The van der Waals surface area contributed by atoms with Crippen molar-refractivity contribution in [1.82, 2.24) is 10.6 Å². The smallest absolute Gasteiger partial charge is 0.315 e. The number of nitrogens with one attached hydrogen (secondary N) is 2. The summed E-state index contributed by atoms with van der Waals surface area (Å²) in [6, 6.07) is -0.431. The Morgan fingerprint density at radius 3 is 2.61 bits per heavy atom. The van der Waals surface area contributed by atoms with E-state index < -0.39 is 11.9 Å². The molecule has 3 N–H and O–H groups in total. The molecule has 0 aromatic rings. The molecule has 0 bridgehead atoms. The van der Waals surface area contributed by atoms with Crippen LogP contribution in [0.2, 0.25) is 0 Å². The Labute approximate surface area is 107 Å². The van der Waals surface area contributed by atoms with E-state index in [0.29, 0.717) is 18.9 Å². The van der Waals surface area contributed by atoms with Crippen LogP contribution in [0, 0.1) is 17.8 Å². The van der Waals surface area contributed by atoms with Crippen molar-refractivity contribution in [2.24, 2.45) is 17.8 Å². The average molecular weight is 254 g/mol. The van der Waals surface area contributed by atoms with Gasteiger partial charge < -0.3 is 15.7 Å². The highest BCUT2D eigenvalue weighted by atomic mass is 16.4.